The molecule has 1 unspecified atom stereocenters. The summed E-state index contributed by atoms with van der Waals surface area (Å²) >= 11 is 0. The van der Waals surface area contributed by atoms with E-state index in [9.17, 15) is 22.8 Å². The van der Waals surface area contributed by atoms with Gasteiger partial charge in [0.25, 0.3) is 0 Å². The standard InChI is InChI=1S/C20H26F3N3O2/c1-14(2)24-6-8-25(9-7-24)19(28)16-11-18(27)26(13-16)12-15-4-3-5-17(10-15)20(21,22)23/h3-5,10,14,16H,6-9,11-13H2,1-2H3. The lowest BCUT2D eigenvalue weighted by atomic mass is 10.1. The van der Waals surface area contributed by atoms with Crippen LogP contribution in [-0.4, -0.2) is 65.3 Å². The zero-order chi connectivity index (χ0) is 20.5. The third-order valence-electron chi connectivity index (χ3n) is 5.55. The van der Waals surface area contributed by atoms with Gasteiger partial charge in [0.1, 0.15) is 0 Å². The fourth-order valence-corrected chi connectivity index (χ4v) is 3.87. The Hall–Kier alpha value is -2.09. The molecule has 2 fully saturated rings. The van der Waals surface area contributed by atoms with E-state index in [-0.39, 0.29) is 31.3 Å². The van der Waals surface area contributed by atoms with Crippen molar-refractivity contribution in [3.8, 4) is 0 Å². The van der Waals surface area contributed by atoms with E-state index in [1.807, 2.05) is 4.90 Å². The lowest BCUT2D eigenvalue weighted by Crippen LogP contribution is -2.52. The number of benzene rings is 1. The Balaban J connectivity index is 1.59. The average Bonchev–Trinajstić information content (AvgIpc) is 3.01. The maximum Gasteiger partial charge on any atom is 0.416 e. The second-order valence-electron chi connectivity index (χ2n) is 7.83. The van der Waals surface area contributed by atoms with Crippen LogP contribution in [-0.2, 0) is 22.3 Å². The second-order valence-corrected chi connectivity index (χ2v) is 7.83. The molecule has 0 aliphatic carbocycles. The van der Waals surface area contributed by atoms with Crippen LogP contribution in [0.15, 0.2) is 24.3 Å². The molecule has 154 valence electrons. The monoisotopic (exact) mass is 397 g/mol. The van der Waals surface area contributed by atoms with Crippen molar-refractivity contribution in [1.29, 1.82) is 0 Å². The summed E-state index contributed by atoms with van der Waals surface area (Å²) in [6.07, 6.45) is -4.29. The summed E-state index contributed by atoms with van der Waals surface area (Å²) in [4.78, 5) is 30.7. The number of amides is 2. The Morgan fingerprint density at radius 1 is 1.18 bits per heavy atom. The molecule has 1 atom stereocenters. The normalized spacial score (nSPS) is 21.6. The summed E-state index contributed by atoms with van der Waals surface area (Å²) in [6, 6.07) is 5.43. The van der Waals surface area contributed by atoms with Gasteiger partial charge in [-0.3, -0.25) is 14.5 Å². The molecule has 1 aromatic rings. The van der Waals surface area contributed by atoms with Gasteiger partial charge in [-0.25, -0.2) is 0 Å². The summed E-state index contributed by atoms with van der Waals surface area (Å²) in [5, 5.41) is 0. The third-order valence-corrected chi connectivity index (χ3v) is 5.55. The molecule has 3 rings (SSSR count). The first-order valence-electron chi connectivity index (χ1n) is 9.62. The topological polar surface area (TPSA) is 43.9 Å². The number of hydrogen-bond acceptors (Lipinski definition) is 3. The molecule has 1 aromatic carbocycles. The number of piperazine rings is 1. The molecule has 8 heteroatoms. The van der Waals surface area contributed by atoms with Crippen molar-refractivity contribution in [2.45, 2.75) is 39.0 Å². The highest BCUT2D eigenvalue weighted by Crippen LogP contribution is 2.30. The minimum atomic E-state index is -4.42. The second kappa shape index (κ2) is 8.11. The highest BCUT2D eigenvalue weighted by Gasteiger charge is 2.37. The summed E-state index contributed by atoms with van der Waals surface area (Å²) in [7, 11) is 0. The number of likely N-dealkylation sites (tertiary alicyclic amines) is 1. The zero-order valence-electron chi connectivity index (χ0n) is 16.2. The molecule has 2 saturated heterocycles. The van der Waals surface area contributed by atoms with Gasteiger partial charge < -0.3 is 9.80 Å². The van der Waals surface area contributed by atoms with Crippen LogP contribution >= 0.6 is 0 Å². The van der Waals surface area contributed by atoms with Gasteiger partial charge in [0.05, 0.1) is 11.5 Å². The predicted molar refractivity (Wildman–Crippen MR) is 98.3 cm³/mol. The number of carbonyl (C=O) groups is 2. The van der Waals surface area contributed by atoms with Gasteiger partial charge >= 0.3 is 6.18 Å². The summed E-state index contributed by atoms with van der Waals surface area (Å²) in [5.41, 5.74) is -0.311. The maximum atomic E-state index is 12.9. The van der Waals surface area contributed by atoms with Crippen molar-refractivity contribution in [3.63, 3.8) is 0 Å². The lowest BCUT2D eigenvalue weighted by Gasteiger charge is -2.37. The molecular weight excluding hydrogens is 371 g/mol. The number of halogens is 3. The molecule has 0 spiro atoms. The first-order chi connectivity index (χ1) is 13.1. The van der Waals surface area contributed by atoms with Gasteiger partial charge in [-0.2, -0.15) is 13.2 Å². The van der Waals surface area contributed by atoms with Crippen LogP contribution in [0.3, 0.4) is 0 Å². The fourth-order valence-electron chi connectivity index (χ4n) is 3.87. The van der Waals surface area contributed by atoms with E-state index in [1.165, 1.54) is 11.0 Å². The summed E-state index contributed by atoms with van der Waals surface area (Å²) < 4.78 is 38.6. The molecule has 0 radical (unpaired) electrons. The fraction of sp³-hybridized carbons (Fsp3) is 0.600. The molecule has 2 heterocycles. The van der Waals surface area contributed by atoms with Gasteiger partial charge in [0, 0.05) is 51.7 Å². The third kappa shape index (κ3) is 4.66. The van der Waals surface area contributed by atoms with Crippen LogP contribution in [0.2, 0.25) is 0 Å². The first kappa shape index (κ1) is 20.6. The van der Waals surface area contributed by atoms with Crippen LogP contribution in [0.25, 0.3) is 0 Å². The lowest BCUT2D eigenvalue weighted by molar-refractivity contribution is -0.138. The van der Waals surface area contributed by atoms with E-state index in [0.717, 1.165) is 25.2 Å². The van der Waals surface area contributed by atoms with Crippen LogP contribution in [0, 0.1) is 5.92 Å². The van der Waals surface area contributed by atoms with Crippen LogP contribution in [0.5, 0.6) is 0 Å². The minimum Gasteiger partial charge on any atom is -0.340 e. The van der Waals surface area contributed by atoms with E-state index in [0.29, 0.717) is 24.7 Å². The average molecular weight is 397 g/mol. The van der Waals surface area contributed by atoms with Crippen molar-refractivity contribution in [2.75, 3.05) is 32.7 Å². The molecule has 2 amide bonds. The number of rotatable bonds is 4. The van der Waals surface area contributed by atoms with Crippen molar-refractivity contribution >= 4 is 11.8 Å². The van der Waals surface area contributed by atoms with Crippen molar-refractivity contribution in [3.05, 3.63) is 35.4 Å². The Bertz CT molecular complexity index is 728. The van der Waals surface area contributed by atoms with E-state index >= 15 is 0 Å². The SMILES string of the molecule is CC(C)N1CCN(C(=O)C2CC(=O)N(Cc3cccc(C(F)(F)F)c3)C2)CC1. The molecule has 2 aliphatic rings. The highest BCUT2D eigenvalue weighted by molar-refractivity contribution is 5.89. The van der Waals surface area contributed by atoms with Crippen LogP contribution < -0.4 is 0 Å². The van der Waals surface area contributed by atoms with Gasteiger partial charge in [0.15, 0.2) is 0 Å². The van der Waals surface area contributed by atoms with Gasteiger partial charge in [-0.05, 0) is 31.5 Å². The number of alkyl halides is 3. The number of nitrogens with zero attached hydrogens (tertiary/aromatic N) is 3. The van der Waals surface area contributed by atoms with Crippen molar-refractivity contribution in [1.82, 2.24) is 14.7 Å². The van der Waals surface area contributed by atoms with E-state index in [1.54, 1.807) is 6.07 Å². The van der Waals surface area contributed by atoms with Crippen LogP contribution in [0.1, 0.15) is 31.4 Å². The Morgan fingerprint density at radius 2 is 1.86 bits per heavy atom. The Kier molecular flexibility index (Phi) is 5.98. The van der Waals surface area contributed by atoms with Crippen molar-refractivity contribution < 1.29 is 22.8 Å². The molecule has 28 heavy (non-hydrogen) atoms. The largest absolute Gasteiger partial charge is 0.416 e. The highest BCUT2D eigenvalue weighted by atomic mass is 19.4. The minimum absolute atomic E-state index is 0.0247. The Labute approximate surface area is 163 Å². The first-order valence-corrected chi connectivity index (χ1v) is 9.62. The molecule has 2 aliphatic heterocycles. The predicted octanol–water partition coefficient (Wildman–Crippen LogP) is 2.61. The van der Waals surface area contributed by atoms with Gasteiger partial charge in [-0.1, -0.05) is 12.1 Å². The van der Waals surface area contributed by atoms with E-state index < -0.39 is 17.7 Å². The number of carbonyl (C=O) groups excluding carboxylic acids is 2. The zero-order valence-corrected chi connectivity index (χ0v) is 16.2. The molecule has 0 saturated carbocycles. The molecule has 0 bridgehead atoms. The summed E-state index contributed by atoms with van der Waals surface area (Å²) in [6.45, 7) is 7.53. The molecule has 0 aromatic heterocycles. The quantitative estimate of drug-likeness (QED) is 0.785. The summed E-state index contributed by atoms with van der Waals surface area (Å²) in [5.74, 6) is -0.622. The number of hydrogen-bond donors (Lipinski definition) is 0. The van der Waals surface area contributed by atoms with Crippen molar-refractivity contribution in [2.24, 2.45) is 5.92 Å². The van der Waals surface area contributed by atoms with E-state index in [2.05, 4.69) is 18.7 Å². The molecule has 0 N–H and O–H groups in total. The molecule has 5 nitrogen and oxygen atoms in total. The smallest absolute Gasteiger partial charge is 0.340 e. The van der Waals surface area contributed by atoms with Crippen LogP contribution in [0.4, 0.5) is 13.2 Å². The maximum absolute atomic E-state index is 12.9. The van der Waals surface area contributed by atoms with Gasteiger partial charge in [0.2, 0.25) is 11.8 Å². The Morgan fingerprint density at radius 3 is 2.46 bits per heavy atom. The molecular formula is C20H26F3N3O2. The van der Waals surface area contributed by atoms with Gasteiger partial charge in [-0.15, -0.1) is 0 Å². The van der Waals surface area contributed by atoms with E-state index in [4.69, 9.17) is 0 Å².